The van der Waals surface area contributed by atoms with E-state index in [9.17, 15) is 4.79 Å². The van der Waals surface area contributed by atoms with Crippen molar-refractivity contribution in [3.05, 3.63) is 34.9 Å². The summed E-state index contributed by atoms with van der Waals surface area (Å²) in [4.78, 5) is 14.6. The molecule has 0 unspecified atom stereocenters. The molecule has 1 amide bonds. The molecule has 0 aromatic heterocycles. The Labute approximate surface area is 114 Å². The van der Waals surface area contributed by atoms with E-state index in [1.807, 2.05) is 36.9 Å². The van der Waals surface area contributed by atoms with Gasteiger partial charge in [-0.05, 0) is 44.7 Å². The topological polar surface area (TPSA) is 20.3 Å². The molecule has 1 aliphatic rings. The fraction of sp³-hybridized carbons (Fsp3) is 0.533. The minimum atomic E-state index is 0.140. The molecule has 2 rings (SSSR count). The van der Waals surface area contributed by atoms with E-state index in [-0.39, 0.29) is 5.91 Å². The van der Waals surface area contributed by atoms with Gasteiger partial charge in [0.1, 0.15) is 0 Å². The van der Waals surface area contributed by atoms with Crippen LogP contribution in [0.4, 0.5) is 0 Å². The average Bonchev–Trinajstić information content (AvgIpc) is 2.28. The number of alkyl halides is 1. The molecule has 18 heavy (non-hydrogen) atoms. The van der Waals surface area contributed by atoms with Crippen LogP contribution in [0.5, 0.6) is 0 Å². The van der Waals surface area contributed by atoms with Crippen LogP contribution in [0.3, 0.4) is 0 Å². The summed E-state index contributed by atoms with van der Waals surface area (Å²) >= 11 is 5.83. The minimum Gasteiger partial charge on any atom is -0.334 e. The number of hydrogen-bond acceptors (Lipinski definition) is 1. The summed E-state index contributed by atoms with van der Waals surface area (Å²) in [5.74, 6) is 0.647. The lowest BCUT2D eigenvalue weighted by Crippen LogP contribution is -2.45. The van der Waals surface area contributed by atoms with Crippen molar-refractivity contribution in [2.24, 2.45) is 0 Å². The molecule has 0 aliphatic heterocycles. The maximum absolute atomic E-state index is 12.6. The molecular weight excluding hydrogens is 246 g/mol. The zero-order valence-electron chi connectivity index (χ0n) is 11.1. The zero-order chi connectivity index (χ0) is 13.1. The highest BCUT2D eigenvalue weighted by Crippen LogP contribution is 2.27. The van der Waals surface area contributed by atoms with Crippen molar-refractivity contribution in [2.45, 2.75) is 39.2 Å². The molecule has 98 valence electrons. The van der Waals surface area contributed by atoms with Gasteiger partial charge in [-0.15, -0.1) is 11.6 Å². The lowest BCUT2D eigenvalue weighted by atomic mass is 9.90. The molecule has 0 radical (unpaired) electrons. The van der Waals surface area contributed by atoms with Gasteiger partial charge in [0.15, 0.2) is 0 Å². The van der Waals surface area contributed by atoms with Crippen LogP contribution >= 0.6 is 11.6 Å². The van der Waals surface area contributed by atoms with E-state index in [1.54, 1.807) is 0 Å². The van der Waals surface area contributed by atoms with Crippen LogP contribution in [-0.2, 0) is 0 Å². The first-order chi connectivity index (χ1) is 8.63. The van der Waals surface area contributed by atoms with E-state index >= 15 is 0 Å². The molecule has 2 nitrogen and oxygen atoms in total. The van der Waals surface area contributed by atoms with Crippen LogP contribution in [0.2, 0.25) is 0 Å². The number of aryl methyl sites for hydroxylation is 2. The van der Waals surface area contributed by atoms with Gasteiger partial charge in [-0.2, -0.15) is 0 Å². The molecule has 0 heterocycles. The third-order valence-corrected chi connectivity index (χ3v) is 3.89. The molecule has 0 N–H and O–H groups in total. The smallest absolute Gasteiger partial charge is 0.254 e. The Morgan fingerprint density at radius 3 is 2.67 bits per heavy atom. The number of hydrogen-bond donors (Lipinski definition) is 0. The minimum absolute atomic E-state index is 0.140. The molecule has 1 aromatic rings. The first kappa shape index (κ1) is 13.4. The predicted molar refractivity (Wildman–Crippen MR) is 75.3 cm³/mol. The van der Waals surface area contributed by atoms with Crippen molar-refractivity contribution < 1.29 is 4.79 Å². The Bertz CT molecular complexity index is 440. The number of nitrogens with zero attached hydrogens (tertiary/aromatic N) is 1. The third-order valence-electron chi connectivity index (χ3n) is 3.73. The van der Waals surface area contributed by atoms with E-state index in [0.29, 0.717) is 18.5 Å². The van der Waals surface area contributed by atoms with Crippen molar-refractivity contribution in [3.8, 4) is 0 Å². The Kier molecular flexibility index (Phi) is 4.28. The molecule has 1 fully saturated rings. The summed E-state index contributed by atoms with van der Waals surface area (Å²) in [5, 5.41) is 0. The summed E-state index contributed by atoms with van der Waals surface area (Å²) in [7, 11) is 0. The Morgan fingerprint density at radius 1 is 1.39 bits per heavy atom. The van der Waals surface area contributed by atoms with Crippen LogP contribution in [0.25, 0.3) is 0 Å². The number of amides is 1. The molecule has 3 heteroatoms. The van der Waals surface area contributed by atoms with Crippen molar-refractivity contribution in [1.82, 2.24) is 4.90 Å². The van der Waals surface area contributed by atoms with Crippen molar-refractivity contribution in [3.63, 3.8) is 0 Å². The fourth-order valence-corrected chi connectivity index (χ4v) is 2.54. The number of halogens is 1. The lowest BCUT2D eigenvalue weighted by Gasteiger charge is -2.37. The molecule has 0 saturated heterocycles. The van der Waals surface area contributed by atoms with Crippen molar-refractivity contribution in [2.75, 3.05) is 12.4 Å². The van der Waals surface area contributed by atoms with Crippen LogP contribution < -0.4 is 0 Å². The summed E-state index contributed by atoms with van der Waals surface area (Å²) in [6, 6.07) is 6.44. The highest BCUT2D eigenvalue weighted by atomic mass is 35.5. The highest BCUT2D eigenvalue weighted by Gasteiger charge is 2.29. The Morgan fingerprint density at radius 2 is 2.11 bits per heavy atom. The van der Waals surface area contributed by atoms with E-state index in [0.717, 1.165) is 29.5 Å². The summed E-state index contributed by atoms with van der Waals surface area (Å²) in [5.41, 5.74) is 3.00. The maximum Gasteiger partial charge on any atom is 0.254 e. The molecule has 0 bridgehead atoms. The summed E-state index contributed by atoms with van der Waals surface area (Å²) < 4.78 is 0. The lowest BCUT2D eigenvalue weighted by molar-refractivity contribution is 0.0597. The maximum atomic E-state index is 12.6. The van der Waals surface area contributed by atoms with Gasteiger partial charge in [-0.1, -0.05) is 17.7 Å². The second kappa shape index (κ2) is 5.75. The fourth-order valence-electron chi connectivity index (χ4n) is 2.36. The normalized spacial score (nSPS) is 15.3. The van der Waals surface area contributed by atoms with Crippen molar-refractivity contribution >= 4 is 17.5 Å². The standard InChI is InChI=1S/C15H20ClNO/c1-11-6-7-12(2)14(10-11)15(18)17(9-8-16)13-4-3-5-13/h6-7,10,13H,3-5,8-9H2,1-2H3. The SMILES string of the molecule is Cc1ccc(C)c(C(=O)N(CCCl)C2CCC2)c1. The van der Waals surface area contributed by atoms with E-state index in [1.165, 1.54) is 6.42 Å². The van der Waals surface area contributed by atoms with Gasteiger partial charge < -0.3 is 4.90 Å². The number of carbonyl (C=O) groups is 1. The molecule has 1 aromatic carbocycles. The van der Waals surface area contributed by atoms with E-state index in [4.69, 9.17) is 11.6 Å². The quantitative estimate of drug-likeness (QED) is 0.763. The van der Waals surface area contributed by atoms with Gasteiger partial charge in [-0.3, -0.25) is 4.79 Å². The molecular formula is C15H20ClNO. The first-order valence-corrected chi connectivity index (χ1v) is 7.11. The third kappa shape index (κ3) is 2.69. The van der Waals surface area contributed by atoms with Crippen LogP contribution in [-0.4, -0.2) is 29.3 Å². The first-order valence-electron chi connectivity index (χ1n) is 6.57. The van der Waals surface area contributed by atoms with Gasteiger partial charge in [0.25, 0.3) is 5.91 Å². The highest BCUT2D eigenvalue weighted by molar-refractivity contribution is 6.18. The number of carbonyl (C=O) groups excluding carboxylic acids is 1. The average molecular weight is 266 g/mol. The number of benzene rings is 1. The Balaban J connectivity index is 2.23. The number of rotatable bonds is 4. The predicted octanol–water partition coefficient (Wildman–Crippen LogP) is 3.54. The van der Waals surface area contributed by atoms with Crippen molar-refractivity contribution in [1.29, 1.82) is 0 Å². The van der Waals surface area contributed by atoms with Gasteiger partial charge in [0, 0.05) is 24.0 Å². The van der Waals surface area contributed by atoms with Gasteiger partial charge in [0.2, 0.25) is 0 Å². The van der Waals surface area contributed by atoms with Gasteiger partial charge in [0.05, 0.1) is 0 Å². The molecule has 1 aliphatic carbocycles. The van der Waals surface area contributed by atoms with E-state index in [2.05, 4.69) is 0 Å². The van der Waals surface area contributed by atoms with Crippen LogP contribution in [0.15, 0.2) is 18.2 Å². The van der Waals surface area contributed by atoms with Crippen LogP contribution in [0.1, 0.15) is 40.7 Å². The second-order valence-electron chi connectivity index (χ2n) is 5.09. The van der Waals surface area contributed by atoms with Gasteiger partial charge >= 0.3 is 0 Å². The molecule has 0 atom stereocenters. The van der Waals surface area contributed by atoms with Crippen LogP contribution in [0, 0.1) is 13.8 Å². The monoisotopic (exact) mass is 265 g/mol. The van der Waals surface area contributed by atoms with Gasteiger partial charge in [-0.25, -0.2) is 0 Å². The zero-order valence-corrected chi connectivity index (χ0v) is 11.8. The van der Waals surface area contributed by atoms with E-state index < -0.39 is 0 Å². The Hall–Kier alpha value is -1.02. The molecule has 1 saturated carbocycles. The largest absolute Gasteiger partial charge is 0.334 e. The summed E-state index contributed by atoms with van der Waals surface area (Å²) in [6.45, 7) is 4.66. The molecule has 0 spiro atoms. The summed E-state index contributed by atoms with van der Waals surface area (Å²) in [6.07, 6.45) is 3.46. The second-order valence-corrected chi connectivity index (χ2v) is 5.47.